The second kappa shape index (κ2) is 5.57. The summed E-state index contributed by atoms with van der Waals surface area (Å²) in [4.78, 5) is 12.6. The van der Waals surface area contributed by atoms with Gasteiger partial charge in [-0.05, 0) is 39.2 Å². The fourth-order valence-electron chi connectivity index (χ4n) is 2.91. The first kappa shape index (κ1) is 15.0. The number of aliphatic hydroxyl groups is 1. The molecule has 0 aromatic heterocycles. The predicted octanol–water partition coefficient (Wildman–Crippen LogP) is 3.41. The molecule has 20 heavy (non-hydrogen) atoms. The van der Waals surface area contributed by atoms with E-state index >= 15 is 0 Å². The van der Waals surface area contributed by atoms with Gasteiger partial charge < -0.3 is 9.84 Å². The summed E-state index contributed by atoms with van der Waals surface area (Å²) in [6, 6.07) is 9.19. The zero-order chi connectivity index (χ0) is 14.8. The maximum Gasteiger partial charge on any atom is 0.343 e. The number of benzene rings is 1. The molecule has 0 amide bonds. The van der Waals surface area contributed by atoms with Gasteiger partial charge in [0.1, 0.15) is 5.60 Å². The number of esters is 1. The van der Waals surface area contributed by atoms with Gasteiger partial charge in [0.15, 0.2) is 5.60 Å². The van der Waals surface area contributed by atoms with Crippen LogP contribution < -0.4 is 0 Å². The zero-order valence-corrected chi connectivity index (χ0v) is 12.6. The molecule has 0 aliphatic heterocycles. The van der Waals surface area contributed by atoms with Crippen LogP contribution in [0.15, 0.2) is 30.3 Å². The number of carbonyl (C=O) groups excluding carboxylic acids is 1. The van der Waals surface area contributed by atoms with Gasteiger partial charge in [0.05, 0.1) is 0 Å². The van der Waals surface area contributed by atoms with Gasteiger partial charge in [0.2, 0.25) is 0 Å². The summed E-state index contributed by atoms with van der Waals surface area (Å²) in [5.41, 5.74) is -1.48. The molecule has 1 aromatic carbocycles. The fraction of sp³-hybridized carbons (Fsp3) is 0.588. The molecule has 0 saturated heterocycles. The van der Waals surface area contributed by atoms with Crippen LogP contribution in [0.25, 0.3) is 0 Å². The summed E-state index contributed by atoms with van der Waals surface area (Å²) in [5, 5.41) is 11.1. The molecule has 1 unspecified atom stereocenters. The van der Waals surface area contributed by atoms with Crippen molar-refractivity contribution in [3.63, 3.8) is 0 Å². The molecule has 1 aliphatic carbocycles. The van der Waals surface area contributed by atoms with Gasteiger partial charge in [-0.2, -0.15) is 0 Å². The highest BCUT2D eigenvalue weighted by atomic mass is 16.6. The van der Waals surface area contributed by atoms with E-state index < -0.39 is 17.2 Å². The molecule has 3 nitrogen and oxygen atoms in total. The van der Waals surface area contributed by atoms with E-state index in [1.165, 1.54) is 0 Å². The summed E-state index contributed by atoms with van der Waals surface area (Å²) in [6.07, 6.45) is 3.85. The maximum atomic E-state index is 12.6. The third-order valence-corrected chi connectivity index (χ3v) is 3.87. The van der Waals surface area contributed by atoms with Crippen LogP contribution in [0.2, 0.25) is 0 Å². The lowest BCUT2D eigenvalue weighted by atomic mass is 9.80. The monoisotopic (exact) mass is 276 g/mol. The van der Waals surface area contributed by atoms with Crippen molar-refractivity contribution in [2.75, 3.05) is 0 Å². The van der Waals surface area contributed by atoms with Crippen molar-refractivity contribution in [3.05, 3.63) is 35.9 Å². The van der Waals surface area contributed by atoms with E-state index in [0.29, 0.717) is 5.56 Å². The van der Waals surface area contributed by atoms with Crippen molar-refractivity contribution in [2.45, 2.75) is 57.7 Å². The molecule has 0 radical (unpaired) electrons. The smallest absolute Gasteiger partial charge is 0.343 e. The third-order valence-electron chi connectivity index (χ3n) is 3.87. The Kier molecular flexibility index (Phi) is 4.19. The van der Waals surface area contributed by atoms with Crippen molar-refractivity contribution in [2.24, 2.45) is 5.92 Å². The minimum atomic E-state index is -1.52. The zero-order valence-electron chi connectivity index (χ0n) is 12.6. The summed E-state index contributed by atoms with van der Waals surface area (Å²) in [6.45, 7) is 5.47. The SMILES string of the molecule is CC(C)(C)OC(=O)C(O)(c1ccccc1)C1CCCC1. The second-order valence-electron chi connectivity index (χ2n) is 6.62. The van der Waals surface area contributed by atoms with Crippen molar-refractivity contribution in [3.8, 4) is 0 Å². The van der Waals surface area contributed by atoms with Crippen molar-refractivity contribution < 1.29 is 14.6 Å². The van der Waals surface area contributed by atoms with Crippen LogP contribution in [0.3, 0.4) is 0 Å². The van der Waals surface area contributed by atoms with Crippen LogP contribution >= 0.6 is 0 Å². The van der Waals surface area contributed by atoms with Gasteiger partial charge in [-0.1, -0.05) is 43.2 Å². The fourth-order valence-corrected chi connectivity index (χ4v) is 2.91. The molecule has 1 fully saturated rings. The van der Waals surface area contributed by atoms with Gasteiger partial charge in [0, 0.05) is 5.92 Å². The molecular weight excluding hydrogens is 252 g/mol. The Balaban J connectivity index is 2.36. The second-order valence-corrected chi connectivity index (χ2v) is 6.62. The Morgan fingerprint density at radius 2 is 1.70 bits per heavy atom. The Bertz CT molecular complexity index is 455. The number of hydrogen-bond donors (Lipinski definition) is 1. The first-order chi connectivity index (χ1) is 9.34. The summed E-state index contributed by atoms with van der Waals surface area (Å²) in [7, 11) is 0. The van der Waals surface area contributed by atoms with Gasteiger partial charge in [-0.15, -0.1) is 0 Å². The lowest BCUT2D eigenvalue weighted by Crippen LogP contribution is -2.46. The average Bonchev–Trinajstić information content (AvgIpc) is 2.91. The standard InChI is InChI=1S/C17H24O3/c1-16(2,3)20-15(18)17(19,14-11-7-8-12-14)13-9-5-4-6-10-13/h4-6,9-10,14,19H,7-8,11-12H2,1-3H3. The van der Waals surface area contributed by atoms with Crippen LogP contribution in [0.4, 0.5) is 0 Å². The van der Waals surface area contributed by atoms with Crippen LogP contribution in [0, 0.1) is 5.92 Å². The van der Waals surface area contributed by atoms with E-state index in [-0.39, 0.29) is 5.92 Å². The Hall–Kier alpha value is -1.35. The van der Waals surface area contributed by atoms with Crippen molar-refractivity contribution in [1.29, 1.82) is 0 Å². The molecule has 0 spiro atoms. The molecule has 0 bridgehead atoms. The Morgan fingerprint density at radius 3 is 2.20 bits per heavy atom. The van der Waals surface area contributed by atoms with Crippen molar-refractivity contribution >= 4 is 5.97 Å². The van der Waals surface area contributed by atoms with E-state index in [4.69, 9.17) is 4.74 Å². The molecule has 3 heteroatoms. The minimum absolute atomic E-state index is 0.0558. The molecule has 2 rings (SSSR count). The highest BCUT2D eigenvalue weighted by Crippen LogP contribution is 2.42. The Labute approximate surface area is 121 Å². The molecule has 1 aromatic rings. The normalized spacial score (nSPS) is 19.6. The molecule has 0 heterocycles. The molecule has 1 N–H and O–H groups in total. The van der Waals surface area contributed by atoms with Crippen LogP contribution in [0.1, 0.15) is 52.0 Å². The van der Waals surface area contributed by atoms with Crippen LogP contribution in [0.5, 0.6) is 0 Å². The van der Waals surface area contributed by atoms with Gasteiger partial charge >= 0.3 is 5.97 Å². The Morgan fingerprint density at radius 1 is 1.15 bits per heavy atom. The predicted molar refractivity (Wildman–Crippen MR) is 78.1 cm³/mol. The number of hydrogen-bond acceptors (Lipinski definition) is 3. The number of carbonyl (C=O) groups is 1. The number of ether oxygens (including phenoxy) is 1. The largest absolute Gasteiger partial charge is 0.458 e. The molecule has 1 saturated carbocycles. The van der Waals surface area contributed by atoms with E-state index in [0.717, 1.165) is 25.7 Å². The molecule has 1 atom stereocenters. The summed E-state index contributed by atoms with van der Waals surface area (Å²) in [5.74, 6) is -0.581. The van der Waals surface area contributed by atoms with Gasteiger partial charge in [-0.3, -0.25) is 0 Å². The summed E-state index contributed by atoms with van der Waals surface area (Å²) >= 11 is 0. The van der Waals surface area contributed by atoms with E-state index in [1.807, 2.05) is 51.1 Å². The van der Waals surface area contributed by atoms with Crippen LogP contribution in [-0.4, -0.2) is 16.7 Å². The topological polar surface area (TPSA) is 46.5 Å². The summed E-state index contributed by atoms with van der Waals surface area (Å²) < 4.78 is 5.48. The highest BCUT2D eigenvalue weighted by molar-refractivity contribution is 5.82. The highest BCUT2D eigenvalue weighted by Gasteiger charge is 2.48. The average molecular weight is 276 g/mol. The molecule has 1 aliphatic rings. The van der Waals surface area contributed by atoms with E-state index in [1.54, 1.807) is 0 Å². The maximum absolute atomic E-state index is 12.6. The van der Waals surface area contributed by atoms with E-state index in [2.05, 4.69) is 0 Å². The van der Waals surface area contributed by atoms with Gasteiger partial charge in [0.25, 0.3) is 0 Å². The third kappa shape index (κ3) is 3.04. The lowest BCUT2D eigenvalue weighted by Gasteiger charge is -2.35. The van der Waals surface area contributed by atoms with Gasteiger partial charge in [-0.25, -0.2) is 4.79 Å². The van der Waals surface area contributed by atoms with E-state index in [9.17, 15) is 9.90 Å². The quantitative estimate of drug-likeness (QED) is 0.861. The van der Waals surface area contributed by atoms with Crippen molar-refractivity contribution in [1.82, 2.24) is 0 Å². The first-order valence-corrected chi connectivity index (χ1v) is 7.35. The minimum Gasteiger partial charge on any atom is -0.458 e. The molecular formula is C17H24O3. The number of rotatable bonds is 3. The first-order valence-electron chi connectivity index (χ1n) is 7.35. The van der Waals surface area contributed by atoms with Crippen LogP contribution in [-0.2, 0) is 15.1 Å². The molecule has 110 valence electrons. The lowest BCUT2D eigenvalue weighted by molar-refractivity contribution is -0.185.